The second-order valence-electron chi connectivity index (χ2n) is 4.88. The van der Waals surface area contributed by atoms with Crippen molar-refractivity contribution in [3.8, 4) is 0 Å². The molecule has 82 valence electrons. The van der Waals surface area contributed by atoms with Gasteiger partial charge in [-0.2, -0.15) is 0 Å². The van der Waals surface area contributed by atoms with Gasteiger partial charge in [0.1, 0.15) is 0 Å². The van der Waals surface area contributed by atoms with Crippen molar-refractivity contribution in [2.75, 3.05) is 32.7 Å². The van der Waals surface area contributed by atoms with E-state index in [0.717, 1.165) is 5.92 Å². The molecule has 0 aromatic carbocycles. The molecule has 0 bridgehead atoms. The van der Waals surface area contributed by atoms with Crippen LogP contribution in [0.15, 0.2) is 0 Å². The predicted molar refractivity (Wildman–Crippen MR) is 60.5 cm³/mol. The van der Waals surface area contributed by atoms with E-state index in [9.17, 15) is 0 Å². The standard InChI is InChI=1S/C12H24N2/c1-2-10-14(9-1)11-6-12-4-3-7-13-8-5-12/h12-13H,1-11H2. The quantitative estimate of drug-likeness (QED) is 0.741. The molecule has 0 amide bonds. The summed E-state index contributed by atoms with van der Waals surface area (Å²) in [5.74, 6) is 1.01. The average molecular weight is 196 g/mol. The lowest BCUT2D eigenvalue weighted by atomic mass is 9.97. The lowest BCUT2D eigenvalue weighted by Crippen LogP contribution is -2.23. The molecule has 0 aliphatic carbocycles. The molecule has 2 aliphatic heterocycles. The highest BCUT2D eigenvalue weighted by Gasteiger charge is 2.15. The minimum Gasteiger partial charge on any atom is -0.317 e. The molecule has 14 heavy (non-hydrogen) atoms. The highest BCUT2D eigenvalue weighted by Crippen LogP contribution is 2.19. The van der Waals surface area contributed by atoms with Gasteiger partial charge in [-0.1, -0.05) is 0 Å². The first-order valence-corrected chi connectivity index (χ1v) is 6.38. The molecule has 1 unspecified atom stereocenters. The largest absolute Gasteiger partial charge is 0.317 e. The molecule has 1 atom stereocenters. The summed E-state index contributed by atoms with van der Waals surface area (Å²) in [6.07, 6.45) is 8.58. The molecule has 0 aromatic rings. The molecule has 1 N–H and O–H groups in total. The second kappa shape index (κ2) is 5.72. The maximum absolute atomic E-state index is 3.49. The van der Waals surface area contributed by atoms with Gasteiger partial charge in [0, 0.05) is 0 Å². The Balaban J connectivity index is 1.62. The van der Waals surface area contributed by atoms with E-state index in [4.69, 9.17) is 0 Å². The van der Waals surface area contributed by atoms with E-state index >= 15 is 0 Å². The number of rotatable bonds is 3. The summed E-state index contributed by atoms with van der Waals surface area (Å²) < 4.78 is 0. The van der Waals surface area contributed by atoms with Gasteiger partial charge in [0.2, 0.25) is 0 Å². The van der Waals surface area contributed by atoms with Crippen LogP contribution in [-0.2, 0) is 0 Å². The molecule has 0 saturated carbocycles. The summed E-state index contributed by atoms with van der Waals surface area (Å²) in [6, 6.07) is 0. The van der Waals surface area contributed by atoms with Crippen LogP contribution in [0, 0.1) is 5.92 Å². The summed E-state index contributed by atoms with van der Waals surface area (Å²) in [5, 5.41) is 3.49. The lowest BCUT2D eigenvalue weighted by molar-refractivity contribution is 0.292. The van der Waals surface area contributed by atoms with Gasteiger partial charge in [-0.15, -0.1) is 0 Å². The smallest absolute Gasteiger partial charge is 0.00161 e. The van der Waals surface area contributed by atoms with E-state index in [1.807, 2.05) is 0 Å². The Kier molecular flexibility index (Phi) is 4.26. The summed E-state index contributed by atoms with van der Waals surface area (Å²) in [6.45, 7) is 6.60. The fourth-order valence-corrected chi connectivity index (χ4v) is 2.75. The predicted octanol–water partition coefficient (Wildman–Crippen LogP) is 1.86. The fraction of sp³-hybridized carbons (Fsp3) is 1.00. The number of hydrogen-bond donors (Lipinski definition) is 1. The van der Waals surface area contributed by atoms with Crippen LogP contribution in [0.25, 0.3) is 0 Å². The Morgan fingerprint density at radius 2 is 1.86 bits per heavy atom. The van der Waals surface area contributed by atoms with Gasteiger partial charge in [0.25, 0.3) is 0 Å². The number of likely N-dealkylation sites (tertiary alicyclic amines) is 1. The molecule has 2 heteroatoms. The van der Waals surface area contributed by atoms with Crippen LogP contribution in [-0.4, -0.2) is 37.6 Å². The van der Waals surface area contributed by atoms with Crippen LogP contribution in [0.5, 0.6) is 0 Å². The van der Waals surface area contributed by atoms with E-state index in [-0.39, 0.29) is 0 Å². The van der Waals surface area contributed by atoms with E-state index in [1.54, 1.807) is 0 Å². The van der Waals surface area contributed by atoms with Crippen LogP contribution in [0.3, 0.4) is 0 Å². The third kappa shape index (κ3) is 3.25. The third-order valence-electron chi connectivity index (χ3n) is 3.75. The molecule has 2 nitrogen and oxygen atoms in total. The van der Waals surface area contributed by atoms with Crippen molar-refractivity contribution in [3.63, 3.8) is 0 Å². The van der Waals surface area contributed by atoms with Crippen LogP contribution in [0.2, 0.25) is 0 Å². The SMILES string of the molecule is C1CNCCC(CCN2CCCC2)C1. The van der Waals surface area contributed by atoms with Crippen LogP contribution < -0.4 is 5.32 Å². The Bertz CT molecular complexity index is 144. The maximum atomic E-state index is 3.49. The maximum Gasteiger partial charge on any atom is -0.00161 e. The van der Waals surface area contributed by atoms with Crippen molar-refractivity contribution < 1.29 is 0 Å². The first kappa shape index (κ1) is 10.4. The fourth-order valence-electron chi connectivity index (χ4n) is 2.75. The third-order valence-corrected chi connectivity index (χ3v) is 3.75. The summed E-state index contributed by atoms with van der Waals surface area (Å²) >= 11 is 0. The van der Waals surface area contributed by atoms with E-state index < -0.39 is 0 Å². The molecule has 0 radical (unpaired) electrons. The molecule has 2 saturated heterocycles. The van der Waals surface area contributed by atoms with Crippen molar-refractivity contribution >= 4 is 0 Å². The summed E-state index contributed by atoms with van der Waals surface area (Å²) in [5.41, 5.74) is 0. The normalized spacial score (nSPS) is 30.4. The molecular formula is C12H24N2. The van der Waals surface area contributed by atoms with Gasteiger partial charge in [0.05, 0.1) is 0 Å². The number of nitrogens with one attached hydrogen (secondary N) is 1. The van der Waals surface area contributed by atoms with E-state index in [2.05, 4.69) is 10.2 Å². The van der Waals surface area contributed by atoms with Crippen molar-refractivity contribution in [3.05, 3.63) is 0 Å². The number of nitrogens with zero attached hydrogens (tertiary/aromatic N) is 1. The summed E-state index contributed by atoms with van der Waals surface area (Å²) in [4.78, 5) is 2.65. The molecular weight excluding hydrogens is 172 g/mol. The van der Waals surface area contributed by atoms with Crippen molar-refractivity contribution in [1.29, 1.82) is 0 Å². The van der Waals surface area contributed by atoms with Gasteiger partial charge < -0.3 is 10.2 Å². The molecule has 2 heterocycles. The molecule has 0 aromatic heterocycles. The second-order valence-corrected chi connectivity index (χ2v) is 4.88. The van der Waals surface area contributed by atoms with Gasteiger partial charge in [0.15, 0.2) is 0 Å². The van der Waals surface area contributed by atoms with E-state index in [0.29, 0.717) is 0 Å². The lowest BCUT2D eigenvalue weighted by Gasteiger charge is -2.19. The van der Waals surface area contributed by atoms with Crippen LogP contribution in [0.4, 0.5) is 0 Å². The highest BCUT2D eigenvalue weighted by molar-refractivity contribution is 4.71. The van der Waals surface area contributed by atoms with Crippen molar-refractivity contribution in [2.45, 2.75) is 38.5 Å². The molecule has 2 rings (SSSR count). The van der Waals surface area contributed by atoms with Crippen molar-refractivity contribution in [1.82, 2.24) is 10.2 Å². The van der Waals surface area contributed by atoms with Crippen molar-refractivity contribution in [2.24, 2.45) is 5.92 Å². The van der Waals surface area contributed by atoms with Crippen LogP contribution >= 0.6 is 0 Å². The molecule has 0 spiro atoms. The highest BCUT2D eigenvalue weighted by atomic mass is 15.1. The zero-order valence-electron chi connectivity index (χ0n) is 9.30. The van der Waals surface area contributed by atoms with Gasteiger partial charge in [-0.25, -0.2) is 0 Å². The van der Waals surface area contributed by atoms with Crippen LogP contribution in [0.1, 0.15) is 38.5 Å². The van der Waals surface area contributed by atoms with E-state index in [1.165, 1.54) is 71.2 Å². The first-order valence-electron chi connectivity index (χ1n) is 6.38. The van der Waals surface area contributed by atoms with Gasteiger partial charge >= 0.3 is 0 Å². The zero-order valence-corrected chi connectivity index (χ0v) is 9.30. The first-order chi connectivity index (χ1) is 6.95. The van der Waals surface area contributed by atoms with Gasteiger partial charge in [-0.05, 0) is 77.2 Å². The monoisotopic (exact) mass is 196 g/mol. The Hall–Kier alpha value is -0.0800. The molecule has 2 fully saturated rings. The summed E-state index contributed by atoms with van der Waals surface area (Å²) in [7, 11) is 0. The average Bonchev–Trinajstić information content (AvgIpc) is 2.58. The minimum absolute atomic E-state index is 1.01. The topological polar surface area (TPSA) is 15.3 Å². The van der Waals surface area contributed by atoms with Gasteiger partial charge in [-0.3, -0.25) is 0 Å². The minimum atomic E-state index is 1.01. The Labute approximate surface area is 88.1 Å². The zero-order chi connectivity index (χ0) is 9.64. The molecule has 2 aliphatic rings. The Morgan fingerprint density at radius 1 is 1.00 bits per heavy atom. The number of hydrogen-bond acceptors (Lipinski definition) is 2. The Morgan fingerprint density at radius 3 is 2.71 bits per heavy atom.